The van der Waals surface area contributed by atoms with Crippen molar-refractivity contribution in [2.45, 2.75) is 51.9 Å². The van der Waals surface area contributed by atoms with Crippen molar-refractivity contribution in [2.75, 3.05) is 13.7 Å². The quantitative estimate of drug-likeness (QED) is 0.528. The summed E-state index contributed by atoms with van der Waals surface area (Å²) >= 11 is 0. The number of aromatic nitrogens is 3. The van der Waals surface area contributed by atoms with Crippen LogP contribution in [0.15, 0.2) is 48.2 Å². The topological polar surface area (TPSA) is 81.4 Å². The van der Waals surface area contributed by atoms with Gasteiger partial charge in [-0.05, 0) is 61.3 Å². The summed E-state index contributed by atoms with van der Waals surface area (Å²) in [5.74, 6) is -0.00764. The van der Waals surface area contributed by atoms with Crippen LogP contribution in [0, 0.1) is 11.3 Å². The van der Waals surface area contributed by atoms with E-state index in [0.717, 1.165) is 36.1 Å². The molecule has 3 rings (SSSR count). The average molecular weight is 454 g/mol. The summed E-state index contributed by atoms with van der Waals surface area (Å²) in [6.45, 7) is 2.72. The zero-order valence-corrected chi connectivity index (χ0v) is 18.2. The van der Waals surface area contributed by atoms with Gasteiger partial charge in [-0.1, -0.05) is 19.1 Å². The predicted molar refractivity (Wildman–Crippen MR) is 111 cm³/mol. The van der Waals surface area contributed by atoms with Gasteiger partial charge in [-0.2, -0.15) is 5.10 Å². The smallest absolute Gasteiger partial charge is 0.406 e. The third kappa shape index (κ3) is 6.23. The van der Waals surface area contributed by atoms with Crippen molar-refractivity contribution < 1.29 is 27.9 Å². The zero-order valence-electron chi connectivity index (χ0n) is 18.2. The summed E-state index contributed by atoms with van der Waals surface area (Å²) in [5, 5.41) is 13.9. The molecule has 2 N–H and O–H groups in total. The third-order valence-corrected chi connectivity index (χ3v) is 6.07. The fourth-order valence-corrected chi connectivity index (χ4v) is 4.39. The van der Waals surface area contributed by atoms with Crippen molar-refractivity contribution >= 4 is 0 Å². The Morgan fingerprint density at radius 2 is 2.03 bits per heavy atom. The molecule has 0 unspecified atom stereocenters. The number of hydroxylamine groups is 1. The molecule has 1 aliphatic carbocycles. The Morgan fingerprint density at radius 3 is 2.62 bits per heavy atom. The van der Waals surface area contributed by atoms with E-state index in [0.29, 0.717) is 19.4 Å². The number of halogens is 3. The monoisotopic (exact) mass is 454 g/mol. The minimum absolute atomic E-state index is 0.0685. The average Bonchev–Trinajstić information content (AvgIpc) is 3.24. The summed E-state index contributed by atoms with van der Waals surface area (Å²) in [6.07, 6.45) is 2.37. The number of nitrogens with zero attached hydrogens (tertiary/aromatic N) is 3. The van der Waals surface area contributed by atoms with Gasteiger partial charge in [-0.3, -0.25) is 10.3 Å². The molecule has 10 heteroatoms. The number of aliphatic hydroxyl groups excluding tert-OH is 1. The first-order chi connectivity index (χ1) is 15.2. The number of alkyl halides is 3. The SMILES string of the molecule is CONC1=C(Cn2cncn2)[C@H](CCc2ccc(OC(F)(F)F)cc2)CC[C@@]1(C)CCO. The van der Waals surface area contributed by atoms with E-state index in [9.17, 15) is 18.3 Å². The molecule has 7 nitrogen and oxygen atoms in total. The highest BCUT2D eigenvalue weighted by Gasteiger charge is 2.38. The van der Waals surface area contributed by atoms with Crippen molar-refractivity contribution in [3.63, 3.8) is 0 Å². The third-order valence-electron chi connectivity index (χ3n) is 6.07. The highest BCUT2D eigenvalue weighted by Crippen LogP contribution is 2.46. The lowest BCUT2D eigenvalue weighted by molar-refractivity contribution is -0.274. The van der Waals surface area contributed by atoms with Gasteiger partial charge >= 0.3 is 6.36 Å². The zero-order chi connectivity index (χ0) is 23.2. The van der Waals surface area contributed by atoms with Crippen LogP contribution >= 0.6 is 0 Å². The Kier molecular flexibility index (Phi) is 7.78. The minimum atomic E-state index is -4.70. The molecule has 0 radical (unpaired) electrons. The maximum absolute atomic E-state index is 12.4. The Labute approximate surface area is 185 Å². The van der Waals surface area contributed by atoms with Gasteiger partial charge in [0.2, 0.25) is 0 Å². The van der Waals surface area contributed by atoms with E-state index in [1.807, 2.05) is 0 Å². The molecule has 1 aromatic carbocycles. The van der Waals surface area contributed by atoms with Gasteiger partial charge in [0.25, 0.3) is 0 Å². The number of rotatable bonds is 10. The maximum atomic E-state index is 12.4. The number of benzene rings is 1. The number of hydrogen-bond acceptors (Lipinski definition) is 6. The standard InChI is InChI=1S/C22H29F3N4O3/c1-21(11-12-30)10-9-17(19(20(21)28-31-2)13-29-15-26-14-27-29)6-3-16-4-7-18(8-5-16)32-22(23,24)25/h4-5,7-8,14-15,17,28,30H,3,6,9-13H2,1-2H3/t17-,21+/m1/s1. The molecule has 0 saturated carbocycles. The molecule has 2 aromatic rings. The van der Waals surface area contributed by atoms with E-state index in [2.05, 4.69) is 27.2 Å². The molecule has 1 aromatic heterocycles. The van der Waals surface area contributed by atoms with Gasteiger partial charge in [0.1, 0.15) is 18.4 Å². The lowest BCUT2D eigenvalue weighted by Crippen LogP contribution is -2.38. The van der Waals surface area contributed by atoms with Crippen molar-refractivity contribution in [1.29, 1.82) is 0 Å². The van der Waals surface area contributed by atoms with Gasteiger partial charge in [-0.15, -0.1) is 13.2 Å². The highest BCUT2D eigenvalue weighted by atomic mass is 19.4. The molecule has 0 spiro atoms. The second-order valence-electron chi connectivity index (χ2n) is 8.30. The molecular formula is C22H29F3N4O3. The predicted octanol–water partition coefficient (Wildman–Crippen LogP) is 4.01. The van der Waals surface area contributed by atoms with Crippen LogP contribution in [-0.2, 0) is 17.8 Å². The van der Waals surface area contributed by atoms with Crippen molar-refractivity contribution in [1.82, 2.24) is 20.2 Å². The van der Waals surface area contributed by atoms with Crippen LogP contribution < -0.4 is 10.2 Å². The van der Waals surface area contributed by atoms with Crippen LogP contribution in [0.1, 0.15) is 38.2 Å². The first-order valence-electron chi connectivity index (χ1n) is 10.5. The molecule has 176 valence electrons. The number of aryl methyl sites for hydroxylation is 1. The maximum Gasteiger partial charge on any atom is 0.573 e. The van der Waals surface area contributed by atoms with E-state index in [1.165, 1.54) is 18.5 Å². The van der Waals surface area contributed by atoms with Crippen LogP contribution in [0.2, 0.25) is 0 Å². The fourth-order valence-electron chi connectivity index (χ4n) is 4.39. The van der Waals surface area contributed by atoms with E-state index < -0.39 is 6.36 Å². The Hall–Kier alpha value is -2.59. The Bertz CT molecular complexity index is 885. The number of ether oxygens (including phenoxy) is 1. The molecule has 0 saturated heterocycles. The van der Waals surface area contributed by atoms with Gasteiger partial charge in [-0.25, -0.2) is 9.67 Å². The summed E-state index contributed by atoms with van der Waals surface area (Å²) < 4.78 is 42.8. The number of aliphatic hydroxyl groups is 1. The van der Waals surface area contributed by atoms with Crippen LogP contribution in [-0.4, -0.2) is 40.0 Å². The number of nitrogens with one attached hydrogen (secondary N) is 1. The first kappa shape index (κ1) is 24.1. The van der Waals surface area contributed by atoms with Crippen molar-refractivity contribution in [2.24, 2.45) is 11.3 Å². The van der Waals surface area contributed by atoms with Gasteiger partial charge in [0.05, 0.1) is 13.7 Å². The molecule has 0 fully saturated rings. The summed E-state index contributed by atoms with van der Waals surface area (Å²) in [6, 6.07) is 6.00. The first-order valence-corrected chi connectivity index (χ1v) is 10.5. The van der Waals surface area contributed by atoms with Crippen LogP contribution in [0.25, 0.3) is 0 Å². The number of hydrogen-bond donors (Lipinski definition) is 2. The summed E-state index contributed by atoms with van der Waals surface area (Å²) in [4.78, 5) is 9.33. The Morgan fingerprint density at radius 1 is 1.28 bits per heavy atom. The number of allylic oxidation sites excluding steroid dienone is 2. The van der Waals surface area contributed by atoms with E-state index >= 15 is 0 Å². The van der Waals surface area contributed by atoms with Gasteiger partial charge < -0.3 is 9.84 Å². The molecule has 32 heavy (non-hydrogen) atoms. The molecule has 0 bridgehead atoms. The second-order valence-corrected chi connectivity index (χ2v) is 8.30. The van der Waals surface area contributed by atoms with Crippen LogP contribution in [0.4, 0.5) is 13.2 Å². The summed E-state index contributed by atoms with van der Waals surface area (Å²) in [5.41, 5.74) is 5.83. The van der Waals surface area contributed by atoms with E-state index in [-0.39, 0.29) is 23.7 Å². The molecule has 1 heterocycles. The van der Waals surface area contributed by atoms with Crippen molar-refractivity contribution in [3.8, 4) is 5.75 Å². The molecule has 2 atom stereocenters. The van der Waals surface area contributed by atoms with Crippen LogP contribution in [0.5, 0.6) is 5.75 Å². The van der Waals surface area contributed by atoms with Crippen molar-refractivity contribution in [3.05, 3.63) is 53.8 Å². The fraction of sp³-hybridized carbons (Fsp3) is 0.545. The molecular weight excluding hydrogens is 425 g/mol. The van der Waals surface area contributed by atoms with E-state index in [4.69, 9.17) is 4.84 Å². The van der Waals surface area contributed by atoms with E-state index in [1.54, 1.807) is 30.3 Å². The van der Waals surface area contributed by atoms with Crippen LogP contribution in [0.3, 0.4) is 0 Å². The molecule has 1 aliphatic rings. The van der Waals surface area contributed by atoms with Gasteiger partial charge in [0.15, 0.2) is 0 Å². The Balaban J connectivity index is 1.80. The lowest BCUT2D eigenvalue weighted by Gasteiger charge is -2.41. The second kappa shape index (κ2) is 10.4. The summed E-state index contributed by atoms with van der Waals surface area (Å²) in [7, 11) is 1.56. The molecule has 0 aliphatic heterocycles. The minimum Gasteiger partial charge on any atom is -0.406 e. The normalized spacial score (nSPS) is 21.6. The molecule has 0 amide bonds. The van der Waals surface area contributed by atoms with Gasteiger partial charge in [0, 0.05) is 17.7 Å². The highest BCUT2D eigenvalue weighted by molar-refractivity contribution is 5.29. The largest absolute Gasteiger partial charge is 0.573 e. The lowest BCUT2D eigenvalue weighted by atomic mass is 9.68.